The fraction of sp³-hybridized carbons (Fsp3) is 0.500. The zero-order valence-corrected chi connectivity index (χ0v) is 19.8. The molecule has 2 heterocycles. The molecule has 8 heteroatoms. The van der Waals surface area contributed by atoms with Crippen LogP contribution >= 0.6 is 0 Å². The Labute approximate surface area is 199 Å². The van der Waals surface area contributed by atoms with Gasteiger partial charge in [0.1, 0.15) is 29.1 Å². The first-order valence-corrected chi connectivity index (χ1v) is 11.7. The summed E-state index contributed by atoms with van der Waals surface area (Å²) in [5.41, 5.74) is -0.0901. The summed E-state index contributed by atoms with van der Waals surface area (Å²) in [6, 6.07) is 11.8. The smallest absolute Gasteiger partial charge is 0.305 e. The third kappa shape index (κ3) is 5.37. The maximum Gasteiger partial charge on any atom is 0.305 e. The van der Waals surface area contributed by atoms with Crippen LogP contribution in [0.1, 0.15) is 33.1 Å². The number of carboxylic acids is 1. The van der Waals surface area contributed by atoms with Crippen LogP contribution in [0.5, 0.6) is 11.5 Å². The highest BCUT2D eigenvalue weighted by molar-refractivity contribution is 5.69. The number of hydrogen-bond donors (Lipinski definition) is 1. The molecule has 1 N–H and O–H groups in total. The first-order valence-electron chi connectivity index (χ1n) is 11.7. The fourth-order valence-corrected chi connectivity index (χ4v) is 5.11. The van der Waals surface area contributed by atoms with Crippen LogP contribution in [0.2, 0.25) is 0 Å². The van der Waals surface area contributed by atoms with Crippen molar-refractivity contribution in [2.24, 2.45) is 5.92 Å². The Balaban J connectivity index is 1.39. The quantitative estimate of drug-likeness (QED) is 0.615. The summed E-state index contributed by atoms with van der Waals surface area (Å²) < 4.78 is 40.5. The Morgan fingerprint density at radius 2 is 1.91 bits per heavy atom. The molecule has 3 unspecified atom stereocenters. The summed E-state index contributed by atoms with van der Waals surface area (Å²) in [7, 11) is 1.57. The Hall–Kier alpha value is -3.03. The Kier molecular flexibility index (Phi) is 6.86. The van der Waals surface area contributed by atoms with Gasteiger partial charge in [-0.3, -0.25) is 4.79 Å². The van der Waals surface area contributed by atoms with Gasteiger partial charge in [0, 0.05) is 49.6 Å². The number of methoxy groups -OCH3 is 1. The molecule has 2 aromatic rings. The molecule has 0 spiro atoms. The minimum absolute atomic E-state index is 0.0172. The number of hydrogen-bond acceptors (Lipinski definition) is 5. The molecular weight excluding hydrogens is 442 g/mol. The van der Waals surface area contributed by atoms with Gasteiger partial charge in [-0.15, -0.1) is 0 Å². The third-order valence-corrected chi connectivity index (χ3v) is 6.79. The maximum absolute atomic E-state index is 14.6. The predicted molar refractivity (Wildman–Crippen MR) is 127 cm³/mol. The molecule has 0 amide bonds. The second kappa shape index (κ2) is 9.68. The zero-order chi connectivity index (χ0) is 24.5. The first kappa shape index (κ1) is 24.1. The molecule has 2 saturated heterocycles. The maximum atomic E-state index is 14.6. The molecule has 2 fully saturated rings. The molecule has 2 aliphatic heterocycles. The number of aliphatic carboxylic acids is 1. The van der Waals surface area contributed by atoms with Gasteiger partial charge in [-0.05, 0) is 43.3 Å². The number of piperidine rings is 1. The van der Waals surface area contributed by atoms with Crippen molar-refractivity contribution in [3.8, 4) is 11.5 Å². The number of anilines is 2. The van der Waals surface area contributed by atoms with Crippen molar-refractivity contribution >= 4 is 17.3 Å². The second-order valence-electron chi connectivity index (χ2n) is 9.68. The molecule has 0 aliphatic carbocycles. The van der Waals surface area contributed by atoms with Crippen molar-refractivity contribution in [3.63, 3.8) is 0 Å². The molecule has 34 heavy (non-hydrogen) atoms. The number of rotatable bonds is 7. The lowest BCUT2D eigenvalue weighted by atomic mass is 9.95. The molecule has 4 atom stereocenters. The topological polar surface area (TPSA) is 62.2 Å². The van der Waals surface area contributed by atoms with Gasteiger partial charge in [0.25, 0.3) is 0 Å². The SMILES string of the molecule is COc1ccc(F)c(N2CCC(Oc3ccc(N4CC(C)(F)C[C@@H]4CC(=O)O)cc3)C(C)C2)c1. The average molecular weight is 475 g/mol. The summed E-state index contributed by atoms with van der Waals surface area (Å²) in [6.45, 7) is 5.10. The summed E-state index contributed by atoms with van der Waals surface area (Å²) in [6.07, 6.45) is 0.826. The van der Waals surface area contributed by atoms with E-state index in [0.29, 0.717) is 30.3 Å². The Morgan fingerprint density at radius 1 is 1.21 bits per heavy atom. The Bertz CT molecular complexity index is 1010. The van der Waals surface area contributed by atoms with E-state index >= 15 is 0 Å². The molecule has 0 saturated carbocycles. The van der Waals surface area contributed by atoms with Gasteiger partial charge >= 0.3 is 5.97 Å². The number of carboxylic acid groups (broad SMARTS) is 1. The number of halogens is 2. The normalized spacial score (nSPS) is 27.0. The molecule has 4 rings (SSSR count). The standard InChI is InChI=1S/C26H32F2N2O4/c1-17-15-29(23-13-21(33-3)8-9-22(23)27)11-10-24(17)34-20-6-4-18(5-7-20)30-16-26(2,28)14-19(30)12-25(31)32/h4-9,13,17,19,24H,10-12,14-16H2,1-3H3,(H,31,32)/t17?,19-,24?,26?/m0/s1. The van der Waals surface area contributed by atoms with Crippen LogP contribution in [0, 0.1) is 11.7 Å². The number of carbonyl (C=O) groups is 1. The number of ether oxygens (including phenoxy) is 2. The highest BCUT2D eigenvalue weighted by Gasteiger charge is 2.42. The van der Waals surface area contributed by atoms with Gasteiger partial charge in [-0.2, -0.15) is 0 Å². The second-order valence-corrected chi connectivity index (χ2v) is 9.68. The number of alkyl halides is 1. The molecule has 0 radical (unpaired) electrons. The van der Waals surface area contributed by atoms with Crippen LogP contribution < -0.4 is 19.3 Å². The van der Waals surface area contributed by atoms with Gasteiger partial charge in [0.05, 0.1) is 25.8 Å². The average Bonchev–Trinajstić information content (AvgIpc) is 3.09. The Morgan fingerprint density at radius 3 is 2.56 bits per heavy atom. The summed E-state index contributed by atoms with van der Waals surface area (Å²) in [5, 5.41) is 9.19. The van der Waals surface area contributed by atoms with Gasteiger partial charge < -0.3 is 24.4 Å². The summed E-state index contributed by atoms with van der Waals surface area (Å²) in [5.74, 6) is 0.305. The molecular formula is C26H32F2N2O4. The fourth-order valence-electron chi connectivity index (χ4n) is 5.11. The lowest BCUT2D eigenvalue weighted by Gasteiger charge is -2.38. The van der Waals surface area contributed by atoms with Gasteiger partial charge in [0.2, 0.25) is 0 Å². The zero-order valence-electron chi connectivity index (χ0n) is 19.8. The van der Waals surface area contributed by atoms with Crippen molar-refractivity contribution in [1.82, 2.24) is 0 Å². The first-order chi connectivity index (χ1) is 16.1. The van der Waals surface area contributed by atoms with Gasteiger partial charge in [-0.25, -0.2) is 8.78 Å². The van der Waals surface area contributed by atoms with E-state index in [9.17, 15) is 18.7 Å². The van der Waals surface area contributed by atoms with Crippen LogP contribution in [0.3, 0.4) is 0 Å². The van der Waals surface area contributed by atoms with E-state index in [1.165, 1.54) is 13.0 Å². The molecule has 6 nitrogen and oxygen atoms in total. The van der Waals surface area contributed by atoms with E-state index in [2.05, 4.69) is 6.92 Å². The highest BCUT2D eigenvalue weighted by atomic mass is 19.1. The monoisotopic (exact) mass is 474 g/mol. The van der Waals surface area contributed by atoms with Crippen LogP contribution in [0.25, 0.3) is 0 Å². The van der Waals surface area contributed by atoms with Crippen LogP contribution in [-0.4, -0.2) is 55.6 Å². The molecule has 184 valence electrons. The van der Waals surface area contributed by atoms with Crippen LogP contribution in [0.4, 0.5) is 20.2 Å². The van der Waals surface area contributed by atoms with Crippen molar-refractivity contribution in [3.05, 3.63) is 48.3 Å². The van der Waals surface area contributed by atoms with Gasteiger partial charge in [0.15, 0.2) is 0 Å². The molecule has 0 bridgehead atoms. The minimum atomic E-state index is -1.42. The highest BCUT2D eigenvalue weighted by Crippen LogP contribution is 2.37. The molecule has 0 aromatic heterocycles. The lowest BCUT2D eigenvalue weighted by molar-refractivity contribution is -0.137. The third-order valence-electron chi connectivity index (χ3n) is 6.79. The van der Waals surface area contributed by atoms with Crippen LogP contribution in [0.15, 0.2) is 42.5 Å². The van der Waals surface area contributed by atoms with E-state index in [1.807, 2.05) is 34.1 Å². The summed E-state index contributed by atoms with van der Waals surface area (Å²) >= 11 is 0. The van der Waals surface area contributed by atoms with E-state index in [0.717, 1.165) is 12.1 Å². The van der Waals surface area contributed by atoms with Crippen molar-refractivity contribution in [2.45, 2.75) is 50.9 Å². The largest absolute Gasteiger partial charge is 0.497 e. The van der Waals surface area contributed by atoms with E-state index in [1.54, 1.807) is 19.2 Å². The van der Waals surface area contributed by atoms with Crippen molar-refractivity contribution < 1.29 is 28.2 Å². The number of benzene rings is 2. The predicted octanol–water partition coefficient (Wildman–Crippen LogP) is 4.91. The van der Waals surface area contributed by atoms with E-state index < -0.39 is 11.6 Å². The molecule has 2 aromatic carbocycles. The minimum Gasteiger partial charge on any atom is -0.497 e. The molecule has 2 aliphatic rings. The van der Waals surface area contributed by atoms with E-state index in [-0.39, 0.29) is 43.3 Å². The van der Waals surface area contributed by atoms with E-state index in [4.69, 9.17) is 9.47 Å². The van der Waals surface area contributed by atoms with Crippen LogP contribution in [-0.2, 0) is 4.79 Å². The van der Waals surface area contributed by atoms with Gasteiger partial charge in [-0.1, -0.05) is 6.92 Å². The summed E-state index contributed by atoms with van der Waals surface area (Å²) in [4.78, 5) is 15.1. The number of nitrogens with zero attached hydrogens (tertiary/aromatic N) is 2. The van der Waals surface area contributed by atoms with Crippen molar-refractivity contribution in [2.75, 3.05) is 36.5 Å². The van der Waals surface area contributed by atoms with Crippen molar-refractivity contribution in [1.29, 1.82) is 0 Å². The lowest BCUT2D eigenvalue weighted by Crippen LogP contribution is -2.44.